The molecule has 1 aromatic carbocycles. The minimum absolute atomic E-state index is 0.0430. The first kappa shape index (κ1) is 13.8. The SMILES string of the molecule is C/C(=N/c1ccccc1C(F)(F)F)c1ccc(C)s1. The maximum atomic E-state index is 12.8. The first-order chi connectivity index (χ1) is 8.88. The number of rotatable bonds is 2. The van der Waals surface area contributed by atoms with Gasteiger partial charge >= 0.3 is 6.18 Å². The molecule has 0 amide bonds. The van der Waals surface area contributed by atoms with Gasteiger partial charge < -0.3 is 0 Å². The number of nitrogens with zero attached hydrogens (tertiary/aromatic N) is 1. The molecular formula is C14H12F3NS. The van der Waals surface area contributed by atoms with Crippen LogP contribution in [0.5, 0.6) is 0 Å². The molecule has 1 heterocycles. The van der Waals surface area contributed by atoms with E-state index in [1.54, 1.807) is 13.0 Å². The van der Waals surface area contributed by atoms with E-state index in [0.29, 0.717) is 5.71 Å². The topological polar surface area (TPSA) is 12.4 Å². The molecule has 0 atom stereocenters. The van der Waals surface area contributed by atoms with Crippen molar-refractivity contribution < 1.29 is 13.2 Å². The van der Waals surface area contributed by atoms with Crippen molar-refractivity contribution in [1.29, 1.82) is 0 Å². The van der Waals surface area contributed by atoms with Crippen LogP contribution in [0.1, 0.15) is 22.2 Å². The maximum Gasteiger partial charge on any atom is 0.418 e. The first-order valence-electron chi connectivity index (χ1n) is 5.66. The fourth-order valence-corrected chi connectivity index (χ4v) is 2.49. The standard InChI is InChI=1S/C14H12F3NS/c1-9-7-8-13(19-9)10(2)18-12-6-4-3-5-11(12)14(15,16)17/h3-8H,1-2H3/b18-10-. The fourth-order valence-electron chi connectivity index (χ4n) is 1.68. The normalized spacial score (nSPS) is 12.8. The van der Waals surface area contributed by atoms with Gasteiger partial charge in [-0.25, -0.2) is 0 Å². The molecule has 0 spiro atoms. The van der Waals surface area contributed by atoms with Crippen LogP contribution >= 0.6 is 11.3 Å². The lowest BCUT2D eigenvalue weighted by Crippen LogP contribution is -2.05. The molecule has 0 aliphatic rings. The Bertz CT molecular complexity index is 611. The predicted octanol–water partition coefficient (Wildman–Crippen LogP) is 5.22. The van der Waals surface area contributed by atoms with Crippen molar-refractivity contribution in [3.8, 4) is 0 Å². The summed E-state index contributed by atoms with van der Waals surface area (Å²) in [6, 6.07) is 9.15. The second kappa shape index (κ2) is 5.17. The van der Waals surface area contributed by atoms with Crippen LogP contribution in [0.4, 0.5) is 18.9 Å². The largest absolute Gasteiger partial charge is 0.418 e. The van der Waals surface area contributed by atoms with Crippen molar-refractivity contribution in [2.75, 3.05) is 0 Å². The van der Waals surface area contributed by atoms with Crippen LogP contribution in [0, 0.1) is 6.92 Å². The van der Waals surface area contributed by atoms with E-state index < -0.39 is 11.7 Å². The van der Waals surface area contributed by atoms with Gasteiger partial charge in [0.2, 0.25) is 0 Å². The fraction of sp³-hybridized carbons (Fsp3) is 0.214. The molecule has 0 saturated carbocycles. The Morgan fingerprint density at radius 1 is 1.11 bits per heavy atom. The van der Waals surface area contributed by atoms with Gasteiger partial charge in [-0.1, -0.05) is 12.1 Å². The lowest BCUT2D eigenvalue weighted by Gasteiger charge is -2.09. The summed E-state index contributed by atoms with van der Waals surface area (Å²) in [5.74, 6) is 0. The van der Waals surface area contributed by atoms with E-state index in [9.17, 15) is 13.2 Å². The Hall–Kier alpha value is -1.62. The van der Waals surface area contributed by atoms with Crippen molar-refractivity contribution >= 4 is 22.7 Å². The molecule has 1 aromatic heterocycles. The molecule has 0 aliphatic heterocycles. The summed E-state index contributed by atoms with van der Waals surface area (Å²) in [6.45, 7) is 3.67. The van der Waals surface area contributed by atoms with Gasteiger partial charge in [0.25, 0.3) is 0 Å². The Morgan fingerprint density at radius 2 is 1.79 bits per heavy atom. The van der Waals surface area contributed by atoms with Gasteiger partial charge in [-0.2, -0.15) is 13.2 Å². The highest BCUT2D eigenvalue weighted by molar-refractivity contribution is 7.14. The summed E-state index contributed by atoms with van der Waals surface area (Å²) >= 11 is 1.52. The molecule has 5 heteroatoms. The van der Waals surface area contributed by atoms with E-state index in [4.69, 9.17) is 0 Å². The van der Waals surface area contributed by atoms with Gasteiger partial charge in [-0.05, 0) is 38.1 Å². The number of aliphatic imine (C=N–C) groups is 1. The van der Waals surface area contributed by atoms with Gasteiger partial charge in [-0.15, -0.1) is 11.3 Å². The number of alkyl halides is 3. The quantitative estimate of drug-likeness (QED) is 0.670. The van der Waals surface area contributed by atoms with E-state index >= 15 is 0 Å². The molecule has 0 fully saturated rings. The molecule has 0 radical (unpaired) electrons. The van der Waals surface area contributed by atoms with Crippen LogP contribution in [0.15, 0.2) is 41.4 Å². The average molecular weight is 283 g/mol. The van der Waals surface area contributed by atoms with Gasteiger partial charge in [0.1, 0.15) is 0 Å². The number of hydrogen-bond donors (Lipinski definition) is 0. The lowest BCUT2D eigenvalue weighted by molar-refractivity contribution is -0.137. The summed E-state index contributed by atoms with van der Waals surface area (Å²) < 4.78 is 38.5. The second-order valence-corrected chi connectivity index (χ2v) is 5.41. The van der Waals surface area contributed by atoms with Crippen molar-refractivity contribution in [2.24, 2.45) is 4.99 Å². The lowest BCUT2D eigenvalue weighted by atomic mass is 10.1. The zero-order valence-corrected chi connectivity index (χ0v) is 11.3. The minimum atomic E-state index is -4.38. The van der Waals surface area contributed by atoms with E-state index in [1.165, 1.54) is 23.5 Å². The molecule has 0 aliphatic carbocycles. The third-order valence-electron chi connectivity index (χ3n) is 2.59. The van der Waals surface area contributed by atoms with E-state index in [-0.39, 0.29) is 5.69 Å². The Balaban J connectivity index is 2.43. The molecular weight excluding hydrogens is 271 g/mol. The summed E-state index contributed by atoms with van der Waals surface area (Å²) in [7, 11) is 0. The third-order valence-corrected chi connectivity index (χ3v) is 3.70. The van der Waals surface area contributed by atoms with Crippen LogP contribution in [0.25, 0.3) is 0 Å². The van der Waals surface area contributed by atoms with E-state index in [0.717, 1.165) is 15.8 Å². The van der Waals surface area contributed by atoms with Crippen molar-refractivity contribution in [3.63, 3.8) is 0 Å². The van der Waals surface area contributed by atoms with Gasteiger partial charge in [0.05, 0.1) is 17.0 Å². The van der Waals surface area contributed by atoms with Crippen LogP contribution in [0.2, 0.25) is 0 Å². The van der Waals surface area contributed by atoms with Crippen molar-refractivity contribution in [1.82, 2.24) is 0 Å². The molecule has 0 N–H and O–H groups in total. The molecule has 2 rings (SSSR count). The minimum Gasteiger partial charge on any atom is -0.252 e. The molecule has 19 heavy (non-hydrogen) atoms. The number of para-hydroxylation sites is 1. The van der Waals surface area contributed by atoms with E-state index in [2.05, 4.69) is 4.99 Å². The summed E-state index contributed by atoms with van der Waals surface area (Å²) in [5.41, 5.74) is -0.156. The number of hydrogen-bond acceptors (Lipinski definition) is 2. The number of thiophene rings is 1. The van der Waals surface area contributed by atoms with Gasteiger partial charge in [0, 0.05) is 9.75 Å². The zero-order chi connectivity index (χ0) is 14.0. The summed E-state index contributed by atoms with van der Waals surface area (Å²) in [4.78, 5) is 6.11. The van der Waals surface area contributed by atoms with Gasteiger partial charge in [-0.3, -0.25) is 4.99 Å². The van der Waals surface area contributed by atoms with Crippen LogP contribution in [0.3, 0.4) is 0 Å². The average Bonchev–Trinajstić information content (AvgIpc) is 2.75. The van der Waals surface area contributed by atoms with E-state index in [1.807, 2.05) is 19.1 Å². The molecule has 2 aromatic rings. The zero-order valence-electron chi connectivity index (χ0n) is 10.5. The number of benzene rings is 1. The van der Waals surface area contributed by atoms with Crippen LogP contribution in [-0.2, 0) is 6.18 Å². The summed E-state index contributed by atoms with van der Waals surface area (Å²) in [6.07, 6.45) is -4.38. The Morgan fingerprint density at radius 3 is 2.37 bits per heavy atom. The second-order valence-electron chi connectivity index (χ2n) is 4.12. The summed E-state index contributed by atoms with van der Waals surface area (Å²) in [5, 5.41) is 0. The van der Waals surface area contributed by atoms with Crippen molar-refractivity contribution in [2.45, 2.75) is 20.0 Å². The Kier molecular flexibility index (Phi) is 3.75. The Labute approximate surface area is 113 Å². The highest BCUT2D eigenvalue weighted by Gasteiger charge is 2.33. The molecule has 100 valence electrons. The molecule has 0 bridgehead atoms. The molecule has 0 saturated heterocycles. The molecule has 1 nitrogen and oxygen atoms in total. The maximum absolute atomic E-state index is 12.8. The van der Waals surface area contributed by atoms with Crippen LogP contribution in [-0.4, -0.2) is 5.71 Å². The predicted molar refractivity (Wildman–Crippen MR) is 72.4 cm³/mol. The monoisotopic (exact) mass is 283 g/mol. The smallest absolute Gasteiger partial charge is 0.252 e. The number of aryl methyl sites for hydroxylation is 1. The van der Waals surface area contributed by atoms with Gasteiger partial charge in [0.15, 0.2) is 0 Å². The number of halogens is 3. The van der Waals surface area contributed by atoms with Crippen LogP contribution < -0.4 is 0 Å². The highest BCUT2D eigenvalue weighted by Crippen LogP contribution is 2.36. The molecule has 0 unspecified atom stereocenters. The van der Waals surface area contributed by atoms with Crippen molar-refractivity contribution in [3.05, 3.63) is 51.7 Å². The first-order valence-corrected chi connectivity index (χ1v) is 6.48. The third kappa shape index (κ3) is 3.23. The highest BCUT2D eigenvalue weighted by atomic mass is 32.1.